The van der Waals surface area contributed by atoms with E-state index in [0.717, 1.165) is 18.4 Å². The maximum absolute atomic E-state index is 14.7. The third-order valence-electron chi connectivity index (χ3n) is 5.30. The van der Waals surface area contributed by atoms with E-state index in [0.29, 0.717) is 29.5 Å². The van der Waals surface area contributed by atoms with Gasteiger partial charge in [0, 0.05) is 41.7 Å². The van der Waals surface area contributed by atoms with Crippen LogP contribution in [0.4, 0.5) is 15.8 Å². The smallest absolute Gasteiger partial charge is 0.275 e. The zero-order valence-electron chi connectivity index (χ0n) is 19.1. The number of nitrogens with zero attached hydrogens (tertiary/aromatic N) is 4. The van der Waals surface area contributed by atoms with E-state index in [-0.39, 0.29) is 11.7 Å². The molecule has 0 unspecified atom stereocenters. The third kappa shape index (κ3) is 5.69. The number of aromatic nitrogens is 3. The first-order valence-corrected chi connectivity index (χ1v) is 12.8. The second kappa shape index (κ2) is 10.9. The zero-order valence-corrected chi connectivity index (χ0v) is 20.7. The number of carbonyl (C=O) groups excluding carboxylic acids is 1. The molecule has 3 aromatic heterocycles. The van der Waals surface area contributed by atoms with Gasteiger partial charge in [-0.15, -0.1) is 22.7 Å². The average Bonchev–Trinajstić information content (AvgIpc) is 3.56. The number of likely N-dealkylation sites (N-methyl/N-ethyl adjacent to an activating group) is 1. The molecule has 1 aromatic carbocycles. The lowest BCUT2D eigenvalue weighted by molar-refractivity contribution is 0.102. The standard InChI is InChI=1S/C24H27FN6OS2/c1-3-6-17(26)13-30(2)22-19(25)8-4-9-20(22)28-23(32)21-15-34-24(29-21)16-11-27-31(12-16)14-18-7-5-10-33-18/h4-5,7-12,15,17H,3,6,13-14,26H2,1-2H3,(H,28,32)/t17-/m1/s1. The number of para-hydroxylation sites is 1. The molecule has 4 rings (SSSR count). The molecular formula is C24H27FN6OS2. The number of rotatable bonds is 10. The van der Waals surface area contributed by atoms with Gasteiger partial charge in [-0.05, 0) is 30.0 Å². The van der Waals surface area contributed by atoms with Gasteiger partial charge < -0.3 is 16.0 Å². The first-order valence-electron chi connectivity index (χ1n) is 11.0. The van der Waals surface area contributed by atoms with Crippen molar-refractivity contribution < 1.29 is 9.18 Å². The maximum atomic E-state index is 14.7. The molecule has 0 aliphatic heterocycles. The SMILES string of the molecule is CCC[C@@H](N)CN(C)c1c(F)cccc1NC(=O)c1csc(-c2cnn(Cc3cccs3)c2)n1. The fraction of sp³-hybridized carbons (Fsp3) is 0.292. The number of benzene rings is 1. The summed E-state index contributed by atoms with van der Waals surface area (Å²) in [6.07, 6.45) is 5.45. The van der Waals surface area contributed by atoms with Gasteiger partial charge >= 0.3 is 0 Å². The molecule has 3 heterocycles. The van der Waals surface area contributed by atoms with Gasteiger partial charge in [-0.25, -0.2) is 9.37 Å². The molecule has 0 spiro atoms. The summed E-state index contributed by atoms with van der Waals surface area (Å²) in [5.74, 6) is -0.812. The normalized spacial score (nSPS) is 12.0. The summed E-state index contributed by atoms with van der Waals surface area (Å²) in [7, 11) is 1.78. The Morgan fingerprint density at radius 2 is 2.15 bits per heavy atom. The second-order valence-corrected chi connectivity index (χ2v) is 9.95. The molecule has 4 aromatic rings. The largest absolute Gasteiger partial charge is 0.369 e. The van der Waals surface area contributed by atoms with E-state index >= 15 is 0 Å². The molecule has 0 aliphatic carbocycles. The molecular weight excluding hydrogens is 471 g/mol. The molecule has 178 valence electrons. The van der Waals surface area contributed by atoms with E-state index < -0.39 is 11.7 Å². The molecule has 3 N–H and O–H groups in total. The predicted octanol–water partition coefficient (Wildman–Crippen LogP) is 5.07. The first kappa shape index (κ1) is 24.1. The van der Waals surface area contributed by atoms with Gasteiger partial charge in [0.25, 0.3) is 5.91 Å². The fourth-order valence-electron chi connectivity index (χ4n) is 3.73. The summed E-state index contributed by atoms with van der Waals surface area (Å²) < 4.78 is 16.5. The molecule has 7 nitrogen and oxygen atoms in total. The molecule has 0 saturated heterocycles. The first-order chi connectivity index (χ1) is 16.4. The third-order valence-corrected chi connectivity index (χ3v) is 7.05. The summed E-state index contributed by atoms with van der Waals surface area (Å²) in [5.41, 5.74) is 7.96. The minimum Gasteiger partial charge on any atom is -0.369 e. The predicted molar refractivity (Wildman–Crippen MR) is 137 cm³/mol. The van der Waals surface area contributed by atoms with E-state index in [1.54, 1.807) is 47.0 Å². The number of halogens is 1. The number of thiophene rings is 1. The Bertz CT molecular complexity index is 1240. The van der Waals surface area contributed by atoms with Crippen molar-refractivity contribution in [2.24, 2.45) is 5.73 Å². The van der Waals surface area contributed by atoms with Crippen molar-refractivity contribution in [1.29, 1.82) is 0 Å². The van der Waals surface area contributed by atoms with Crippen LogP contribution in [-0.2, 0) is 6.54 Å². The van der Waals surface area contributed by atoms with Crippen LogP contribution in [0.25, 0.3) is 10.6 Å². The number of carbonyl (C=O) groups is 1. The van der Waals surface area contributed by atoms with Crippen molar-refractivity contribution in [1.82, 2.24) is 14.8 Å². The van der Waals surface area contributed by atoms with Crippen molar-refractivity contribution in [3.63, 3.8) is 0 Å². The molecule has 1 amide bonds. The van der Waals surface area contributed by atoms with E-state index in [4.69, 9.17) is 5.73 Å². The molecule has 0 saturated carbocycles. The monoisotopic (exact) mass is 498 g/mol. The summed E-state index contributed by atoms with van der Waals surface area (Å²) >= 11 is 3.04. The molecule has 0 aliphatic rings. The van der Waals surface area contributed by atoms with Gasteiger partial charge in [0.15, 0.2) is 0 Å². The van der Waals surface area contributed by atoms with Crippen LogP contribution in [0, 0.1) is 5.82 Å². The minimum absolute atomic E-state index is 0.0833. The summed E-state index contributed by atoms with van der Waals surface area (Å²) in [5, 5.41) is 11.6. The highest BCUT2D eigenvalue weighted by Gasteiger charge is 2.19. The Kier molecular flexibility index (Phi) is 7.71. The molecule has 1 atom stereocenters. The Hall–Kier alpha value is -3.08. The van der Waals surface area contributed by atoms with Crippen LogP contribution in [-0.4, -0.2) is 40.3 Å². The molecule has 0 bridgehead atoms. The van der Waals surface area contributed by atoms with Crippen LogP contribution in [0.1, 0.15) is 35.1 Å². The Morgan fingerprint density at radius 3 is 2.91 bits per heavy atom. The van der Waals surface area contributed by atoms with Crippen LogP contribution in [0.2, 0.25) is 0 Å². The number of hydrogen-bond donors (Lipinski definition) is 2. The van der Waals surface area contributed by atoms with Gasteiger partial charge in [0.1, 0.15) is 16.5 Å². The van der Waals surface area contributed by atoms with E-state index in [1.165, 1.54) is 22.3 Å². The van der Waals surface area contributed by atoms with Gasteiger partial charge in [-0.1, -0.05) is 25.5 Å². The fourth-order valence-corrected chi connectivity index (χ4v) is 5.20. The minimum atomic E-state index is -0.416. The van der Waals surface area contributed by atoms with E-state index in [1.807, 2.05) is 22.3 Å². The van der Waals surface area contributed by atoms with Crippen LogP contribution >= 0.6 is 22.7 Å². The van der Waals surface area contributed by atoms with Crippen molar-refractivity contribution in [3.8, 4) is 10.6 Å². The van der Waals surface area contributed by atoms with Crippen molar-refractivity contribution in [2.45, 2.75) is 32.4 Å². The van der Waals surface area contributed by atoms with Crippen LogP contribution < -0.4 is 16.0 Å². The molecule has 0 radical (unpaired) electrons. The number of nitrogens with one attached hydrogen (secondary N) is 1. The highest BCUT2D eigenvalue weighted by atomic mass is 32.1. The number of thiazole rings is 1. The van der Waals surface area contributed by atoms with Crippen molar-refractivity contribution >= 4 is 40.0 Å². The van der Waals surface area contributed by atoms with Gasteiger partial charge in [-0.3, -0.25) is 9.48 Å². The lowest BCUT2D eigenvalue weighted by Gasteiger charge is -2.26. The summed E-state index contributed by atoms with van der Waals surface area (Å²) in [4.78, 5) is 20.4. The quantitative estimate of drug-likeness (QED) is 0.319. The Balaban J connectivity index is 1.47. The lowest BCUT2D eigenvalue weighted by atomic mass is 10.1. The second-order valence-electron chi connectivity index (χ2n) is 8.06. The molecule has 0 fully saturated rings. The van der Waals surface area contributed by atoms with E-state index in [9.17, 15) is 9.18 Å². The molecule has 34 heavy (non-hydrogen) atoms. The van der Waals surface area contributed by atoms with Crippen molar-refractivity contribution in [3.05, 3.63) is 69.9 Å². The number of nitrogens with two attached hydrogens (primary N) is 1. The summed E-state index contributed by atoms with van der Waals surface area (Å²) in [6, 6.07) is 8.62. The van der Waals surface area contributed by atoms with Gasteiger partial charge in [0.05, 0.1) is 24.1 Å². The van der Waals surface area contributed by atoms with Crippen LogP contribution in [0.3, 0.4) is 0 Å². The number of amides is 1. The molecule has 10 heteroatoms. The number of anilines is 2. The highest BCUT2D eigenvalue weighted by Crippen LogP contribution is 2.30. The van der Waals surface area contributed by atoms with Crippen LogP contribution in [0.5, 0.6) is 0 Å². The van der Waals surface area contributed by atoms with Crippen LogP contribution in [0.15, 0.2) is 53.5 Å². The highest BCUT2D eigenvalue weighted by molar-refractivity contribution is 7.13. The van der Waals surface area contributed by atoms with Gasteiger partial charge in [-0.2, -0.15) is 5.10 Å². The Labute approximate surface area is 206 Å². The topological polar surface area (TPSA) is 89.1 Å². The van der Waals surface area contributed by atoms with E-state index in [2.05, 4.69) is 28.4 Å². The van der Waals surface area contributed by atoms with Crippen molar-refractivity contribution in [2.75, 3.05) is 23.8 Å². The lowest BCUT2D eigenvalue weighted by Crippen LogP contribution is -2.36. The average molecular weight is 499 g/mol. The maximum Gasteiger partial charge on any atom is 0.275 e. The zero-order chi connectivity index (χ0) is 24.1. The Morgan fingerprint density at radius 1 is 1.29 bits per heavy atom. The number of hydrogen-bond acceptors (Lipinski definition) is 7. The van der Waals surface area contributed by atoms with Gasteiger partial charge in [0.2, 0.25) is 0 Å². The summed E-state index contributed by atoms with van der Waals surface area (Å²) in [6.45, 7) is 3.23.